The molecule has 0 aromatic heterocycles. The quantitative estimate of drug-likeness (QED) is 0.106. The highest BCUT2D eigenvalue weighted by Crippen LogP contribution is 2.33. The van der Waals surface area contributed by atoms with E-state index in [2.05, 4.69) is 43.1 Å². The second kappa shape index (κ2) is 21.4. The second-order valence-electron chi connectivity index (χ2n) is 12.1. The van der Waals surface area contributed by atoms with E-state index in [1.54, 1.807) is 0 Å². The van der Waals surface area contributed by atoms with Crippen molar-refractivity contribution in [2.45, 2.75) is 128 Å². The van der Waals surface area contributed by atoms with Crippen molar-refractivity contribution in [2.24, 2.45) is 0 Å². The van der Waals surface area contributed by atoms with Crippen LogP contribution in [-0.4, -0.2) is 73.2 Å². The molecule has 0 saturated heterocycles. The van der Waals surface area contributed by atoms with Crippen molar-refractivity contribution in [1.82, 2.24) is 4.90 Å². The number of unbranched alkanes of at least 4 members (excludes halogenated alkanes) is 6. The lowest BCUT2D eigenvalue weighted by Gasteiger charge is -2.35. The molecule has 1 N–H and O–H groups in total. The number of hydrogen-bond acceptors (Lipinski definition) is 7. The fourth-order valence-electron chi connectivity index (χ4n) is 6.04. The number of hydrogen-bond donors (Lipinski definition) is 1. The largest absolute Gasteiger partial charge is 0.466 e. The maximum absolute atomic E-state index is 11.8. The van der Waals surface area contributed by atoms with Crippen molar-refractivity contribution in [3.8, 4) is 0 Å². The Hall–Kier alpha value is -2.29. The zero-order chi connectivity index (χ0) is 31.4. The number of carbonyl (C=O) groups is 1. The molecule has 246 valence electrons. The van der Waals surface area contributed by atoms with Gasteiger partial charge in [-0.25, -0.2) is 0 Å². The molecule has 1 unspecified atom stereocenters. The molecule has 0 spiro atoms. The van der Waals surface area contributed by atoms with E-state index in [-0.39, 0.29) is 30.3 Å². The number of nitrogens with zero attached hydrogens (tertiary/aromatic N) is 1. The Morgan fingerprint density at radius 1 is 0.818 bits per heavy atom. The van der Waals surface area contributed by atoms with E-state index < -0.39 is 6.10 Å². The molecule has 7 nitrogen and oxygen atoms in total. The minimum absolute atomic E-state index is 0.0266. The maximum Gasteiger partial charge on any atom is 0.305 e. The van der Waals surface area contributed by atoms with Crippen LogP contribution in [0.15, 0.2) is 60.7 Å². The molecule has 5 atom stereocenters. The van der Waals surface area contributed by atoms with Crippen molar-refractivity contribution in [2.75, 3.05) is 26.8 Å². The average molecular weight is 612 g/mol. The molecule has 0 radical (unpaired) electrons. The van der Waals surface area contributed by atoms with Gasteiger partial charge in [0.1, 0.15) is 6.10 Å². The molecule has 1 saturated carbocycles. The van der Waals surface area contributed by atoms with Gasteiger partial charge in [-0.1, -0.05) is 106 Å². The van der Waals surface area contributed by atoms with E-state index in [1.165, 1.54) is 19.3 Å². The van der Waals surface area contributed by atoms with E-state index in [9.17, 15) is 9.90 Å². The summed E-state index contributed by atoms with van der Waals surface area (Å²) in [4.78, 5) is 14.1. The van der Waals surface area contributed by atoms with Gasteiger partial charge >= 0.3 is 5.97 Å². The topological polar surface area (TPSA) is 77.5 Å². The first-order valence-corrected chi connectivity index (χ1v) is 17.0. The van der Waals surface area contributed by atoms with Gasteiger partial charge in [0.05, 0.1) is 50.8 Å². The summed E-state index contributed by atoms with van der Waals surface area (Å²) in [5, 5.41) is 10.8. The molecule has 1 aliphatic carbocycles. The Balaban J connectivity index is 1.68. The van der Waals surface area contributed by atoms with Crippen molar-refractivity contribution in [1.29, 1.82) is 0 Å². The van der Waals surface area contributed by atoms with Crippen LogP contribution in [0.25, 0.3) is 0 Å². The van der Waals surface area contributed by atoms with Gasteiger partial charge in [-0.3, -0.25) is 9.69 Å². The molecule has 0 amide bonds. The first-order chi connectivity index (χ1) is 21.5. The van der Waals surface area contributed by atoms with Crippen LogP contribution in [0, 0.1) is 0 Å². The second-order valence-corrected chi connectivity index (χ2v) is 12.1. The average Bonchev–Trinajstić information content (AvgIpc) is 3.39. The van der Waals surface area contributed by atoms with Gasteiger partial charge in [0.2, 0.25) is 0 Å². The Morgan fingerprint density at radius 3 is 2.07 bits per heavy atom. The first-order valence-electron chi connectivity index (χ1n) is 17.0. The summed E-state index contributed by atoms with van der Waals surface area (Å²) in [6.07, 6.45) is 9.51. The molecule has 2 aromatic carbocycles. The van der Waals surface area contributed by atoms with Gasteiger partial charge in [0, 0.05) is 12.8 Å². The smallest absolute Gasteiger partial charge is 0.305 e. The third-order valence-corrected chi connectivity index (χ3v) is 8.49. The summed E-state index contributed by atoms with van der Waals surface area (Å²) in [6, 6.07) is 20.5. The number of likely N-dealkylation sites (N-methyl/N-ethyl adjacent to an activating group) is 1. The Bertz CT molecular complexity index is 1010. The third-order valence-electron chi connectivity index (χ3n) is 8.49. The molecular formula is C37H57NO6. The molecule has 0 heterocycles. The number of benzene rings is 2. The lowest BCUT2D eigenvalue weighted by Crippen LogP contribution is -2.49. The highest BCUT2D eigenvalue weighted by Gasteiger charge is 2.47. The van der Waals surface area contributed by atoms with Crippen molar-refractivity contribution < 1.29 is 28.8 Å². The molecule has 44 heavy (non-hydrogen) atoms. The Kier molecular flexibility index (Phi) is 17.6. The van der Waals surface area contributed by atoms with Gasteiger partial charge in [-0.15, -0.1) is 0 Å². The van der Waals surface area contributed by atoms with E-state index in [0.29, 0.717) is 32.8 Å². The molecule has 0 bridgehead atoms. The van der Waals surface area contributed by atoms with E-state index >= 15 is 0 Å². The van der Waals surface area contributed by atoms with E-state index in [0.717, 1.165) is 62.6 Å². The highest BCUT2D eigenvalue weighted by molar-refractivity contribution is 5.69. The van der Waals surface area contributed by atoms with Crippen LogP contribution >= 0.6 is 0 Å². The van der Waals surface area contributed by atoms with Crippen LogP contribution in [0.2, 0.25) is 0 Å². The predicted octanol–water partition coefficient (Wildman–Crippen LogP) is 7.09. The predicted molar refractivity (Wildman–Crippen MR) is 175 cm³/mol. The highest BCUT2D eigenvalue weighted by atomic mass is 16.6. The van der Waals surface area contributed by atoms with E-state index in [1.807, 2.05) is 43.3 Å². The van der Waals surface area contributed by atoms with E-state index in [4.69, 9.17) is 18.9 Å². The van der Waals surface area contributed by atoms with Gasteiger partial charge in [0.25, 0.3) is 0 Å². The normalized spacial score (nSPS) is 20.7. The maximum atomic E-state index is 11.8. The molecule has 3 rings (SSSR count). The fourth-order valence-corrected chi connectivity index (χ4v) is 6.04. The van der Waals surface area contributed by atoms with Crippen LogP contribution in [0.4, 0.5) is 0 Å². The van der Waals surface area contributed by atoms with Crippen LogP contribution in [0.5, 0.6) is 0 Å². The van der Waals surface area contributed by atoms with Crippen molar-refractivity contribution >= 4 is 5.97 Å². The van der Waals surface area contributed by atoms with Crippen molar-refractivity contribution in [3.05, 3.63) is 71.8 Å². The van der Waals surface area contributed by atoms with Gasteiger partial charge in [-0.2, -0.15) is 0 Å². The molecule has 2 aromatic rings. The van der Waals surface area contributed by atoms with Crippen LogP contribution in [-0.2, 0) is 37.0 Å². The minimum Gasteiger partial charge on any atom is -0.466 e. The minimum atomic E-state index is -0.496. The summed E-state index contributed by atoms with van der Waals surface area (Å²) in [5.41, 5.74) is 2.26. The van der Waals surface area contributed by atoms with Crippen LogP contribution in [0.1, 0.15) is 95.6 Å². The number of aliphatic hydroxyl groups excluding tert-OH is 1. The SMILES string of the molecule is CCCCCCCC(O)CO[C@@H]1[C@@H](N(C)CCCCCC(=O)OCC)[C@H](OCc2ccccc2)C[C@@H]1OCc1ccccc1. The molecule has 1 aliphatic rings. The number of esters is 1. The third kappa shape index (κ3) is 13.4. The van der Waals surface area contributed by atoms with Crippen LogP contribution in [0.3, 0.4) is 0 Å². The number of aliphatic hydroxyl groups is 1. The van der Waals surface area contributed by atoms with Crippen LogP contribution < -0.4 is 0 Å². The lowest BCUT2D eigenvalue weighted by molar-refractivity contribution is -0.143. The standard InChI is InChI=1S/C37H57NO6/c1-4-6-7-8-16-23-32(39)29-44-37-34(43-28-31-21-14-10-15-22-31)26-33(42-27-30-19-12-9-13-20-30)36(37)38(3)25-18-11-17-24-35(40)41-5-2/h9-10,12-15,19-22,32-34,36-37,39H,4-8,11,16-18,23-29H2,1-3H3/t32?,33-,34+,36+,37+/m1/s1. The summed E-state index contributed by atoms with van der Waals surface area (Å²) >= 11 is 0. The molecular weight excluding hydrogens is 554 g/mol. The first kappa shape index (κ1) is 36.2. The fraction of sp³-hybridized carbons (Fsp3) is 0.649. The van der Waals surface area contributed by atoms with Gasteiger partial charge < -0.3 is 24.1 Å². The number of ether oxygens (including phenoxy) is 4. The van der Waals surface area contributed by atoms with Gasteiger partial charge in [0.15, 0.2) is 0 Å². The van der Waals surface area contributed by atoms with Gasteiger partial charge in [-0.05, 0) is 50.9 Å². The molecule has 0 aliphatic heterocycles. The zero-order valence-corrected chi connectivity index (χ0v) is 27.4. The number of rotatable bonds is 23. The summed E-state index contributed by atoms with van der Waals surface area (Å²) < 4.78 is 24.8. The monoisotopic (exact) mass is 611 g/mol. The van der Waals surface area contributed by atoms with Crippen molar-refractivity contribution in [3.63, 3.8) is 0 Å². The Morgan fingerprint density at radius 2 is 1.43 bits per heavy atom. The Labute approximate surface area is 266 Å². The molecule has 1 fully saturated rings. The summed E-state index contributed by atoms with van der Waals surface area (Å²) in [5.74, 6) is -0.123. The summed E-state index contributed by atoms with van der Waals surface area (Å²) in [6.45, 7) is 6.65. The summed E-state index contributed by atoms with van der Waals surface area (Å²) in [7, 11) is 2.13. The zero-order valence-electron chi connectivity index (χ0n) is 27.4. The number of carbonyl (C=O) groups excluding carboxylic acids is 1. The lowest BCUT2D eigenvalue weighted by atomic mass is 10.1. The molecule has 7 heteroatoms.